The molecule has 0 saturated carbocycles. The highest BCUT2D eigenvalue weighted by Crippen LogP contribution is 2.21. The Balaban J connectivity index is 2.26. The van der Waals surface area contributed by atoms with Crippen molar-refractivity contribution in [2.45, 2.75) is 18.4 Å². The Morgan fingerprint density at radius 2 is 2.16 bits per heavy atom. The van der Waals surface area contributed by atoms with E-state index in [0.717, 1.165) is 0 Å². The summed E-state index contributed by atoms with van der Waals surface area (Å²) in [6.07, 6.45) is 1.51. The number of nitrogens with zero attached hydrogens (tertiary/aromatic N) is 3. The minimum atomic E-state index is -3.67. The topological polar surface area (TPSA) is 103 Å². The van der Waals surface area contributed by atoms with Gasteiger partial charge in [0.05, 0.1) is 12.2 Å². The Kier molecular flexibility index (Phi) is 3.54. The van der Waals surface area contributed by atoms with Gasteiger partial charge in [-0.15, -0.1) is 10.2 Å². The number of rotatable bonds is 4. The third kappa shape index (κ3) is 2.74. The average Bonchev–Trinajstić information content (AvgIpc) is 2.72. The van der Waals surface area contributed by atoms with E-state index in [0.29, 0.717) is 11.4 Å². The molecule has 1 aromatic carbocycles. The molecule has 8 heteroatoms. The third-order valence-electron chi connectivity index (χ3n) is 2.74. The first-order valence-corrected chi connectivity index (χ1v) is 7.08. The van der Waals surface area contributed by atoms with Crippen LogP contribution in [0.15, 0.2) is 29.4 Å². The summed E-state index contributed by atoms with van der Waals surface area (Å²) in [7, 11) is -1.93. The van der Waals surface area contributed by atoms with Gasteiger partial charge in [-0.2, -0.15) is 0 Å². The SMILES string of the molecule is Cc1cccc(N)c1S(=O)(=O)NCc1nncn1C. The van der Waals surface area contributed by atoms with Crippen LogP contribution in [0.5, 0.6) is 0 Å². The smallest absolute Gasteiger partial charge is 0.243 e. The van der Waals surface area contributed by atoms with Gasteiger partial charge in [-0.05, 0) is 18.6 Å². The normalized spacial score (nSPS) is 11.7. The fourth-order valence-corrected chi connectivity index (χ4v) is 3.07. The first-order valence-electron chi connectivity index (χ1n) is 5.59. The lowest BCUT2D eigenvalue weighted by molar-refractivity contribution is 0.577. The fourth-order valence-electron chi connectivity index (χ4n) is 1.74. The van der Waals surface area contributed by atoms with Crippen molar-refractivity contribution in [1.82, 2.24) is 19.5 Å². The summed E-state index contributed by atoms with van der Waals surface area (Å²) < 4.78 is 28.6. The molecule has 2 aromatic rings. The van der Waals surface area contributed by atoms with Crippen LogP contribution >= 0.6 is 0 Å². The summed E-state index contributed by atoms with van der Waals surface area (Å²) in [4.78, 5) is 0.108. The molecule has 0 spiro atoms. The Hall–Kier alpha value is -1.93. The second-order valence-electron chi connectivity index (χ2n) is 4.18. The summed E-state index contributed by atoms with van der Waals surface area (Å²) in [6.45, 7) is 1.76. The molecular weight excluding hydrogens is 266 g/mol. The number of benzene rings is 1. The van der Waals surface area contributed by atoms with Crippen molar-refractivity contribution in [3.63, 3.8) is 0 Å². The van der Waals surface area contributed by atoms with Gasteiger partial charge in [0.2, 0.25) is 10.0 Å². The van der Waals surface area contributed by atoms with Gasteiger partial charge in [-0.25, -0.2) is 13.1 Å². The van der Waals surface area contributed by atoms with Crippen LogP contribution in [0.3, 0.4) is 0 Å². The van der Waals surface area contributed by atoms with Crippen molar-refractivity contribution in [3.8, 4) is 0 Å². The number of aryl methyl sites for hydroxylation is 2. The first kappa shape index (κ1) is 13.5. The molecule has 7 nitrogen and oxygen atoms in total. The van der Waals surface area contributed by atoms with Gasteiger partial charge in [0.15, 0.2) is 0 Å². The standard InChI is InChI=1S/C11H15N5O2S/c1-8-4-3-5-9(12)11(8)19(17,18)14-6-10-15-13-7-16(10)2/h3-5,7,14H,6,12H2,1-2H3. The van der Waals surface area contributed by atoms with Gasteiger partial charge in [-0.1, -0.05) is 12.1 Å². The maximum Gasteiger partial charge on any atom is 0.243 e. The zero-order valence-corrected chi connectivity index (χ0v) is 11.5. The number of hydrogen-bond donors (Lipinski definition) is 2. The number of nitrogen functional groups attached to an aromatic ring is 1. The Morgan fingerprint density at radius 1 is 1.42 bits per heavy atom. The minimum absolute atomic E-state index is 0.0621. The molecule has 0 aliphatic rings. The number of sulfonamides is 1. The molecule has 0 saturated heterocycles. The molecule has 3 N–H and O–H groups in total. The molecular formula is C11H15N5O2S. The summed E-state index contributed by atoms with van der Waals surface area (Å²) in [5.74, 6) is 0.524. The molecule has 0 aliphatic heterocycles. The second kappa shape index (κ2) is 4.98. The Labute approximate surface area is 111 Å². The van der Waals surface area contributed by atoms with Crippen LogP contribution in [0.4, 0.5) is 5.69 Å². The Bertz CT molecular complexity index is 673. The first-order chi connectivity index (χ1) is 8.92. The predicted molar refractivity (Wildman–Crippen MR) is 70.6 cm³/mol. The van der Waals surface area contributed by atoms with Crippen LogP contribution in [-0.2, 0) is 23.6 Å². The van der Waals surface area contributed by atoms with Crippen molar-refractivity contribution < 1.29 is 8.42 Å². The van der Waals surface area contributed by atoms with E-state index >= 15 is 0 Å². The van der Waals surface area contributed by atoms with Crippen molar-refractivity contribution in [2.24, 2.45) is 7.05 Å². The second-order valence-corrected chi connectivity index (χ2v) is 5.88. The maximum absolute atomic E-state index is 12.2. The van der Waals surface area contributed by atoms with Crippen molar-refractivity contribution in [2.75, 3.05) is 5.73 Å². The van der Waals surface area contributed by atoms with E-state index < -0.39 is 10.0 Å². The number of anilines is 1. The van der Waals surface area contributed by atoms with Crippen LogP contribution < -0.4 is 10.5 Å². The number of nitrogens with two attached hydrogens (primary N) is 1. The molecule has 0 radical (unpaired) electrons. The molecule has 0 aliphatic carbocycles. The molecule has 1 aromatic heterocycles. The molecule has 102 valence electrons. The monoisotopic (exact) mass is 281 g/mol. The van der Waals surface area contributed by atoms with E-state index in [-0.39, 0.29) is 17.1 Å². The zero-order valence-electron chi connectivity index (χ0n) is 10.7. The predicted octanol–water partition coefficient (Wildman–Crippen LogP) is 0.184. The molecule has 2 rings (SSSR count). The molecule has 0 fully saturated rings. The van der Waals surface area contributed by atoms with Crippen LogP contribution in [0.25, 0.3) is 0 Å². The molecule has 19 heavy (non-hydrogen) atoms. The maximum atomic E-state index is 12.2. The summed E-state index contributed by atoms with van der Waals surface area (Å²) >= 11 is 0. The van der Waals surface area contributed by atoms with E-state index in [9.17, 15) is 8.42 Å². The lowest BCUT2D eigenvalue weighted by Gasteiger charge is -2.11. The molecule has 0 atom stereocenters. The molecule has 1 heterocycles. The highest BCUT2D eigenvalue weighted by Gasteiger charge is 2.20. The zero-order chi connectivity index (χ0) is 14.0. The van der Waals surface area contributed by atoms with Crippen LogP contribution in [0, 0.1) is 6.92 Å². The van der Waals surface area contributed by atoms with Crippen molar-refractivity contribution >= 4 is 15.7 Å². The Morgan fingerprint density at radius 3 is 2.74 bits per heavy atom. The highest BCUT2D eigenvalue weighted by atomic mass is 32.2. The van der Waals surface area contributed by atoms with E-state index in [1.807, 2.05) is 0 Å². The largest absolute Gasteiger partial charge is 0.398 e. The summed E-state index contributed by atoms with van der Waals surface area (Å²) in [6, 6.07) is 4.98. The molecule has 0 amide bonds. The van der Waals surface area contributed by atoms with Gasteiger partial charge in [-0.3, -0.25) is 0 Å². The van der Waals surface area contributed by atoms with E-state index in [1.165, 1.54) is 6.33 Å². The van der Waals surface area contributed by atoms with Gasteiger partial charge in [0, 0.05) is 7.05 Å². The van der Waals surface area contributed by atoms with Gasteiger partial charge < -0.3 is 10.3 Å². The molecule has 0 bridgehead atoms. The van der Waals surface area contributed by atoms with E-state index in [1.54, 1.807) is 36.7 Å². The number of aromatic nitrogens is 3. The van der Waals surface area contributed by atoms with Crippen LogP contribution in [0.1, 0.15) is 11.4 Å². The number of hydrogen-bond acceptors (Lipinski definition) is 5. The lowest BCUT2D eigenvalue weighted by atomic mass is 10.2. The quantitative estimate of drug-likeness (QED) is 0.778. The highest BCUT2D eigenvalue weighted by molar-refractivity contribution is 7.89. The summed E-state index contributed by atoms with van der Waals surface area (Å²) in [5, 5.41) is 7.50. The van der Waals surface area contributed by atoms with Gasteiger partial charge >= 0.3 is 0 Å². The minimum Gasteiger partial charge on any atom is -0.398 e. The van der Waals surface area contributed by atoms with Crippen molar-refractivity contribution in [1.29, 1.82) is 0 Å². The van der Waals surface area contributed by atoms with Crippen LogP contribution in [0.2, 0.25) is 0 Å². The van der Waals surface area contributed by atoms with Gasteiger partial charge in [0.1, 0.15) is 17.0 Å². The fraction of sp³-hybridized carbons (Fsp3) is 0.273. The summed E-state index contributed by atoms with van der Waals surface area (Å²) in [5.41, 5.74) is 6.56. The molecule has 0 unspecified atom stereocenters. The van der Waals surface area contributed by atoms with Crippen molar-refractivity contribution in [3.05, 3.63) is 35.9 Å². The van der Waals surface area contributed by atoms with E-state index in [4.69, 9.17) is 5.73 Å². The van der Waals surface area contributed by atoms with E-state index in [2.05, 4.69) is 14.9 Å². The average molecular weight is 281 g/mol. The van der Waals surface area contributed by atoms with Gasteiger partial charge in [0.25, 0.3) is 0 Å². The third-order valence-corrected chi connectivity index (χ3v) is 4.36. The lowest BCUT2D eigenvalue weighted by Crippen LogP contribution is -2.26. The van der Waals surface area contributed by atoms with Crippen LogP contribution in [-0.4, -0.2) is 23.2 Å². The number of nitrogens with one attached hydrogen (secondary N) is 1.